The first-order valence-electron chi connectivity index (χ1n) is 11.6. The lowest BCUT2D eigenvalue weighted by molar-refractivity contribution is 0.0631. The molecule has 0 aliphatic heterocycles. The zero-order chi connectivity index (χ0) is 23.2. The van der Waals surface area contributed by atoms with E-state index in [4.69, 9.17) is 21.3 Å². The molecule has 2 aliphatic carbocycles. The third-order valence-corrected chi connectivity index (χ3v) is 6.64. The van der Waals surface area contributed by atoms with E-state index in [1.807, 2.05) is 36.4 Å². The molecule has 5 rings (SSSR count). The summed E-state index contributed by atoms with van der Waals surface area (Å²) >= 11 is 5.98. The van der Waals surface area contributed by atoms with Crippen molar-refractivity contribution in [1.82, 2.24) is 4.84 Å². The van der Waals surface area contributed by atoms with Crippen LogP contribution in [0.2, 0.25) is 0 Å². The lowest BCUT2D eigenvalue weighted by atomic mass is 10.1. The van der Waals surface area contributed by atoms with Gasteiger partial charge in [0.1, 0.15) is 13.2 Å². The van der Waals surface area contributed by atoms with Gasteiger partial charge in [0.05, 0.1) is 18.2 Å². The number of benzene rings is 3. The fourth-order valence-electron chi connectivity index (χ4n) is 4.74. The normalized spacial score (nSPS) is 18.4. The van der Waals surface area contributed by atoms with Gasteiger partial charge in [-0.25, -0.2) is 4.84 Å². The standard InChI is InChI=1S/C30H26ClNO2/c31-32-30-28-15-4-3-14-26(28)21-29(30)34-17-7-11-23-9-5-8-22(18-23)10-6-16-33-27-19-24-12-1-2-13-25(24)20-27/h1-5,8-9,12-15,18,27,29-30,32H,16-17,19-21H2/t29-,30+/m1/s1. The maximum Gasteiger partial charge on any atom is 0.108 e. The zero-order valence-corrected chi connectivity index (χ0v) is 19.6. The molecule has 0 aromatic heterocycles. The summed E-state index contributed by atoms with van der Waals surface area (Å²) in [5, 5.41) is 0. The van der Waals surface area contributed by atoms with Crippen molar-refractivity contribution in [2.45, 2.75) is 37.5 Å². The van der Waals surface area contributed by atoms with Gasteiger partial charge in [0.15, 0.2) is 0 Å². The van der Waals surface area contributed by atoms with Crippen LogP contribution in [-0.4, -0.2) is 25.4 Å². The third kappa shape index (κ3) is 5.36. The summed E-state index contributed by atoms with van der Waals surface area (Å²) in [5.74, 6) is 12.6. The van der Waals surface area contributed by atoms with E-state index in [9.17, 15) is 0 Å². The fourth-order valence-corrected chi connectivity index (χ4v) is 5.00. The van der Waals surface area contributed by atoms with E-state index < -0.39 is 0 Å². The molecule has 0 fully saturated rings. The quantitative estimate of drug-likeness (QED) is 0.423. The number of hydrogen-bond acceptors (Lipinski definition) is 3. The van der Waals surface area contributed by atoms with Crippen LogP contribution in [0.4, 0.5) is 0 Å². The molecule has 0 heterocycles. The van der Waals surface area contributed by atoms with Gasteiger partial charge >= 0.3 is 0 Å². The summed E-state index contributed by atoms with van der Waals surface area (Å²) in [4.78, 5) is 2.86. The topological polar surface area (TPSA) is 30.5 Å². The van der Waals surface area contributed by atoms with Gasteiger partial charge in [-0.05, 0) is 65.1 Å². The largest absolute Gasteiger partial charge is 0.365 e. The highest BCUT2D eigenvalue weighted by molar-refractivity contribution is 6.13. The summed E-state index contributed by atoms with van der Waals surface area (Å²) in [7, 11) is 0. The van der Waals surface area contributed by atoms with Crippen molar-refractivity contribution in [2.75, 3.05) is 13.2 Å². The Bertz CT molecular complexity index is 1250. The van der Waals surface area contributed by atoms with E-state index in [2.05, 4.69) is 64.9 Å². The lowest BCUT2D eigenvalue weighted by Crippen LogP contribution is -2.25. The Morgan fingerprint density at radius 2 is 1.35 bits per heavy atom. The summed E-state index contributed by atoms with van der Waals surface area (Å²) in [6, 6.07) is 24.8. The van der Waals surface area contributed by atoms with E-state index in [-0.39, 0.29) is 18.2 Å². The molecule has 0 saturated carbocycles. The summed E-state index contributed by atoms with van der Waals surface area (Å²) < 4.78 is 12.0. The van der Waals surface area contributed by atoms with Gasteiger partial charge < -0.3 is 9.47 Å². The number of ether oxygens (including phenoxy) is 2. The maximum atomic E-state index is 6.03. The molecule has 170 valence electrons. The van der Waals surface area contributed by atoms with Crippen LogP contribution in [0, 0.1) is 23.7 Å². The summed E-state index contributed by atoms with van der Waals surface area (Å²) in [6.07, 6.45) is 2.99. The highest BCUT2D eigenvalue weighted by atomic mass is 35.5. The lowest BCUT2D eigenvalue weighted by Gasteiger charge is -2.17. The van der Waals surface area contributed by atoms with Crippen molar-refractivity contribution in [1.29, 1.82) is 0 Å². The molecule has 0 radical (unpaired) electrons. The Morgan fingerprint density at radius 1 is 0.735 bits per heavy atom. The first-order valence-corrected chi connectivity index (χ1v) is 12.0. The molecule has 2 aliphatic rings. The molecule has 0 bridgehead atoms. The van der Waals surface area contributed by atoms with Crippen molar-refractivity contribution >= 4 is 11.8 Å². The first kappa shape index (κ1) is 22.7. The van der Waals surface area contributed by atoms with Gasteiger partial charge in [-0.2, -0.15) is 0 Å². The molecule has 3 nitrogen and oxygen atoms in total. The molecule has 0 saturated heterocycles. The molecule has 0 spiro atoms. The van der Waals surface area contributed by atoms with E-state index in [1.165, 1.54) is 22.3 Å². The van der Waals surface area contributed by atoms with E-state index in [0.29, 0.717) is 13.2 Å². The van der Waals surface area contributed by atoms with Crippen molar-refractivity contribution in [3.8, 4) is 23.7 Å². The molecule has 4 heteroatoms. The van der Waals surface area contributed by atoms with Crippen LogP contribution in [-0.2, 0) is 28.7 Å². The molecule has 1 N–H and O–H groups in total. The zero-order valence-electron chi connectivity index (χ0n) is 18.9. The predicted molar refractivity (Wildman–Crippen MR) is 135 cm³/mol. The Labute approximate surface area is 206 Å². The molecule has 0 amide bonds. The van der Waals surface area contributed by atoms with Gasteiger partial charge in [-0.15, -0.1) is 0 Å². The second kappa shape index (κ2) is 10.9. The molecular weight excluding hydrogens is 442 g/mol. The van der Waals surface area contributed by atoms with Crippen LogP contribution in [0.25, 0.3) is 0 Å². The minimum atomic E-state index is -0.0194. The predicted octanol–water partition coefficient (Wildman–Crippen LogP) is 5.00. The van der Waals surface area contributed by atoms with E-state index in [1.54, 1.807) is 0 Å². The van der Waals surface area contributed by atoms with E-state index >= 15 is 0 Å². The van der Waals surface area contributed by atoms with Crippen LogP contribution >= 0.6 is 11.8 Å². The van der Waals surface area contributed by atoms with Crippen LogP contribution < -0.4 is 4.84 Å². The molecule has 0 unspecified atom stereocenters. The second-order valence-electron chi connectivity index (χ2n) is 8.63. The minimum Gasteiger partial charge on any atom is -0.365 e. The van der Waals surface area contributed by atoms with Crippen molar-refractivity contribution in [3.63, 3.8) is 0 Å². The average molecular weight is 468 g/mol. The molecule has 3 aromatic carbocycles. The van der Waals surface area contributed by atoms with Gasteiger partial charge in [0.2, 0.25) is 0 Å². The van der Waals surface area contributed by atoms with Gasteiger partial charge in [0.25, 0.3) is 0 Å². The number of hydrogen-bond donors (Lipinski definition) is 1. The van der Waals surface area contributed by atoms with Crippen LogP contribution in [0.5, 0.6) is 0 Å². The maximum absolute atomic E-state index is 6.03. The number of rotatable bonds is 5. The Hall–Kier alpha value is -3.05. The SMILES string of the molecule is ClN[C@H]1c2ccccc2C[C@H]1OCC#Cc1cccc(C#CCOC2Cc3ccccc3C2)c1. The highest BCUT2D eigenvalue weighted by Gasteiger charge is 2.32. The Balaban J connectivity index is 1.11. The highest BCUT2D eigenvalue weighted by Crippen LogP contribution is 2.33. The Kier molecular flexibility index (Phi) is 7.30. The van der Waals surface area contributed by atoms with Crippen LogP contribution in [0.15, 0.2) is 72.8 Å². The third-order valence-electron chi connectivity index (χ3n) is 6.40. The summed E-state index contributed by atoms with van der Waals surface area (Å²) in [6.45, 7) is 0.781. The molecular formula is C30H26ClNO2. The van der Waals surface area contributed by atoms with E-state index in [0.717, 1.165) is 30.4 Å². The van der Waals surface area contributed by atoms with Gasteiger partial charge in [-0.1, -0.05) is 78.3 Å². The number of nitrogens with one attached hydrogen (secondary N) is 1. The van der Waals surface area contributed by atoms with Crippen LogP contribution in [0.1, 0.15) is 39.4 Å². The average Bonchev–Trinajstić information content (AvgIpc) is 3.45. The van der Waals surface area contributed by atoms with Crippen molar-refractivity contribution in [2.24, 2.45) is 0 Å². The Morgan fingerprint density at radius 3 is 2.03 bits per heavy atom. The fraction of sp³-hybridized carbons (Fsp3) is 0.267. The smallest absolute Gasteiger partial charge is 0.108 e. The minimum absolute atomic E-state index is 0.0149. The van der Waals surface area contributed by atoms with Gasteiger partial charge in [0, 0.05) is 17.5 Å². The number of halogens is 1. The van der Waals surface area contributed by atoms with Gasteiger partial charge in [-0.3, -0.25) is 0 Å². The molecule has 2 atom stereocenters. The monoisotopic (exact) mass is 467 g/mol. The molecule has 34 heavy (non-hydrogen) atoms. The number of fused-ring (bicyclic) bond motifs is 2. The first-order chi connectivity index (χ1) is 16.8. The van der Waals surface area contributed by atoms with Crippen LogP contribution in [0.3, 0.4) is 0 Å². The van der Waals surface area contributed by atoms with Crippen molar-refractivity contribution < 1.29 is 9.47 Å². The van der Waals surface area contributed by atoms with Crippen molar-refractivity contribution in [3.05, 3.63) is 106 Å². The molecule has 3 aromatic rings. The summed E-state index contributed by atoms with van der Waals surface area (Å²) in [5.41, 5.74) is 7.10. The second-order valence-corrected chi connectivity index (χ2v) is 8.85.